The molecule has 0 bridgehead atoms. The Labute approximate surface area is 171 Å². The number of esters is 1. The van der Waals surface area contributed by atoms with Crippen LogP contribution in [0.1, 0.15) is 34.6 Å². The molecule has 2 aromatic carbocycles. The Morgan fingerprint density at radius 3 is 2.30 bits per heavy atom. The van der Waals surface area contributed by atoms with E-state index in [0.29, 0.717) is 40.3 Å². The first-order valence-corrected chi connectivity index (χ1v) is 9.46. The summed E-state index contributed by atoms with van der Waals surface area (Å²) in [7, 11) is 0. The van der Waals surface area contributed by atoms with Crippen molar-refractivity contribution in [3.05, 3.63) is 58.1 Å². The Morgan fingerprint density at radius 1 is 1.04 bits per heavy atom. The van der Waals surface area contributed by atoms with Crippen LogP contribution in [0.3, 0.4) is 0 Å². The highest BCUT2D eigenvalue weighted by molar-refractivity contribution is 9.10. The summed E-state index contributed by atoms with van der Waals surface area (Å²) in [4.78, 5) is 24.0. The number of halogens is 1. The molecular formula is C19H19BrN2O4S. The number of carbonyl (C=O) groups is 2. The number of carbonyl (C=O) groups excluding carboxylic acids is 2. The molecule has 0 saturated carbocycles. The third kappa shape index (κ3) is 6.04. The largest absolute Gasteiger partial charge is 0.493 e. The van der Waals surface area contributed by atoms with Crippen LogP contribution in [-0.4, -0.2) is 30.2 Å². The zero-order chi connectivity index (χ0) is 19.8. The van der Waals surface area contributed by atoms with Crippen LogP contribution in [0.25, 0.3) is 0 Å². The summed E-state index contributed by atoms with van der Waals surface area (Å²) in [6.07, 6.45) is 0. The maximum absolute atomic E-state index is 12.3. The minimum absolute atomic E-state index is 0.147. The normalized spacial score (nSPS) is 10.0. The topological polar surface area (TPSA) is 76.7 Å². The zero-order valence-electron chi connectivity index (χ0n) is 14.9. The number of thiocarbonyl (C=S) groups is 1. The predicted molar refractivity (Wildman–Crippen MR) is 111 cm³/mol. The van der Waals surface area contributed by atoms with Crippen molar-refractivity contribution in [1.29, 1.82) is 0 Å². The maximum atomic E-state index is 12.3. The predicted octanol–water partition coefficient (Wildman–Crippen LogP) is 4.15. The van der Waals surface area contributed by atoms with E-state index < -0.39 is 0 Å². The molecule has 8 heteroatoms. The van der Waals surface area contributed by atoms with Crippen LogP contribution in [-0.2, 0) is 4.74 Å². The molecule has 142 valence electrons. The first-order chi connectivity index (χ1) is 12.9. The number of ether oxygens (including phenoxy) is 2. The number of benzene rings is 2. The second-order valence-corrected chi connectivity index (χ2v) is 6.55. The van der Waals surface area contributed by atoms with Gasteiger partial charge >= 0.3 is 5.97 Å². The van der Waals surface area contributed by atoms with Gasteiger partial charge in [0.15, 0.2) is 5.11 Å². The highest BCUT2D eigenvalue weighted by atomic mass is 79.9. The monoisotopic (exact) mass is 450 g/mol. The van der Waals surface area contributed by atoms with Crippen molar-refractivity contribution in [3.8, 4) is 5.75 Å². The van der Waals surface area contributed by atoms with Crippen LogP contribution >= 0.6 is 28.1 Å². The minimum atomic E-state index is -0.388. The molecule has 0 radical (unpaired) electrons. The van der Waals surface area contributed by atoms with Gasteiger partial charge in [0.05, 0.1) is 23.2 Å². The summed E-state index contributed by atoms with van der Waals surface area (Å²) in [5.41, 5.74) is 1.52. The second-order valence-electron chi connectivity index (χ2n) is 5.28. The fraction of sp³-hybridized carbons (Fsp3) is 0.211. The highest BCUT2D eigenvalue weighted by Crippen LogP contribution is 2.26. The van der Waals surface area contributed by atoms with Gasteiger partial charge < -0.3 is 14.8 Å². The Bertz CT molecular complexity index is 840. The second kappa shape index (κ2) is 10.0. The average Bonchev–Trinajstić information content (AvgIpc) is 2.64. The third-order valence-electron chi connectivity index (χ3n) is 3.37. The fourth-order valence-electron chi connectivity index (χ4n) is 2.16. The smallest absolute Gasteiger partial charge is 0.338 e. The van der Waals surface area contributed by atoms with Crippen LogP contribution in [0.2, 0.25) is 0 Å². The van der Waals surface area contributed by atoms with Crippen LogP contribution in [0.15, 0.2) is 46.9 Å². The SMILES string of the molecule is CCOC(=O)c1ccc(NC(=S)NC(=O)c2ccc(OCC)c(Br)c2)cc1. The van der Waals surface area contributed by atoms with E-state index >= 15 is 0 Å². The number of nitrogens with one attached hydrogen (secondary N) is 2. The number of hydrogen-bond acceptors (Lipinski definition) is 5. The molecule has 0 spiro atoms. The van der Waals surface area contributed by atoms with E-state index in [1.807, 2.05) is 6.92 Å². The van der Waals surface area contributed by atoms with E-state index in [1.165, 1.54) is 0 Å². The Hall–Kier alpha value is -2.45. The lowest BCUT2D eigenvalue weighted by Gasteiger charge is -2.11. The molecule has 0 aliphatic heterocycles. The number of amides is 1. The molecule has 0 aromatic heterocycles. The van der Waals surface area contributed by atoms with Gasteiger partial charge in [0.2, 0.25) is 0 Å². The summed E-state index contributed by atoms with van der Waals surface area (Å²) in [5, 5.41) is 5.65. The summed E-state index contributed by atoms with van der Waals surface area (Å²) in [6.45, 7) is 4.48. The standard InChI is InChI=1S/C19H19BrN2O4S/c1-3-25-16-10-7-13(11-15(16)20)17(23)22-19(27)21-14-8-5-12(6-9-14)18(24)26-4-2/h5-11H,3-4H2,1-2H3,(H2,21,22,23,27). The van der Waals surface area contributed by atoms with Gasteiger partial charge in [-0.05, 0) is 84.5 Å². The van der Waals surface area contributed by atoms with Crippen molar-refractivity contribution in [2.24, 2.45) is 0 Å². The molecule has 2 aromatic rings. The van der Waals surface area contributed by atoms with Gasteiger partial charge in [0, 0.05) is 11.3 Å². The summed E-state index contributed by atoms with van der Waals surface area (Å²) >= 11 is 8.54. The van der Waals surface area contributed by atoms with E-state index in [9.17, 15) is 9.59 Å². The number of rotatable bonds is 6. The van der Waals surface area contributed by atoms with E-state index in [2.05, 4.69) is 26.6 Å². The Morgan fingerprint density at radius 2 is 1.70 bits per heavy atom. The number of hydrogen-bond donors (Lipinski definition) is 2. The van der Waals surface area contributed by atoms with Gasteiger partial charge in [-0.3, -0.25) is 10.1 Å². The molecule has 0 unspecified atom stereocenters. The average molecular weight is 451 g/mol. The molecule has 6 nitrogen and oxygen atoms in total. The van der Waals surface area contributed by atoms with Gasteiger partial charge in [-0.15, -0.1) is 0 Å². The molecular weight excluding hydrogens is 432 g/mol. The minimum Gasteiger partial charge on any atom is -0.493 e. The fourth-order valence-corrected chi connectivity index (χ4v) is 2.86. The van der Waals surface area contributed by atoms with Crippen molar-refractivity contribution < 1.29 is 19.1 Å². The van der Waals surface area contributed by atoms with Crippen molar-refractivity contribution >= 4 is 50.8 Å². The molecule has 2 rings (SSSR count). The van der Waals surface area contributed by atoms with Crippen LogP contribution in [0.4, 0.5) is 5.69 Å². The highest BCUT2D eigenvalue weighted by Gasteiger charge is 2.11. The lowest BCUT2D eigenvalue weighted by atomic mass is 10.2. The molecule has 0 aliphatic carbocycles. The quantitative estimate of drug-likeness (QED) is 0.508. The third-order valence-corrected chi connectivity index (χ3v) is 4.20. The van der Waals surface area contributed by atoms with Gasteiger partial charge in [0.25, 0.3) is 5.91 Å². The Balaban J connectivity index is 1.96. The van der Waals surface area contributed by atoms with Crippen molar-refractivity contribution in [1.82, 2.24) is 5.32 Å². The van der Waals surface area contributed by atoms with Gasteiger partial charge in [0.1, 0.15) is 5.75 Å². The molecule has 2 N–H and O–H groups in total. The molecule has 0 heterocycles. The lowest BCUT2D eigenvalue weighted by Crippen LogP contribution is -2.34. The van der Waals surface area contributed by atoms with Crippen molar-refractivity contribution in [2.75, 3.05) is 18.5 Å². The zero-order valence-corrected chi connectivity index (χ0v) is 17.3. The van der Waals surface area contributed by atoms with Gasteiger partial charge in [-0.1, -0.05) is 0 Å². The van der Waals surface area contributed by atoms with Crippen LogP contribution in [0.5, 0.6) is 5.75 Å². The van der Waals surface area contributed by atoms with Crippen molar-refractivity contribution in [2.45, 2.75) is 13.8 Å². The van der Waals surface area contributed by atoms with E-state index in [1.54, 1.807) is 49.4 Å². The molecule has 0 aliphatic rings. The van der Waals surface area contributed by atoms with Crippen LogP contribution in [0, 0.1) is 0 Å². The van der Waals surface area contributed by atoms with Gasteiger partial charge in [-0.2, -0.15) is 0 Å². The summed E-state index contributed by atoms with van der Waals surface area (Å²) in [6, 6.07) is 11.6. The van der Waals surface area contributed by atoms with Crippen molar-refractivity contribution in [3.63, 3.8) is 0 Å². The van der Waals surface area contributed by atoms with E-state index in [4.69, 9.17) is 21.7 Å². The summed E-state index contributed by atoms with van der Waals surface area (Å²) in [5.74, 6) is -0.0724. The van der Waals surface area contributed by atoms with Gasteiger partial charge in [-0.25, -0.2) is 4.79 Å². The molecule has 0 fully saturated rings. The molecule has 0 atom stereocenters. The molecule has 27 heavy (non-hydrogen) atoms. The molecule has 0 saturated heterocycles. The Kier molecular flexibility index (Phi) is 7.75. The van der Waals surface area contributed by atoms with E-state index in [0.717, 1.165) is 0 Å². The first kappa shape index (κ1) is 20.9. The summed E-state index contributed by atoms with van der Waals surface area (Å²) < 4.78 is 11.0. The van der Waals surface area contributed by atoms with Crippen LogP contribution < -0.4 is 15.4 Å². The number of anilines is 1. The first-order valence-electron chi connectivity index (χ1n) is 8.26. The van der Waals surface area contributed by atoms with E-state index in [-0.39, 0.29) is 17.0 Å². The lowest BCUT2D eigenvalue weighted by molar-refractivity contribution is 0.0526. The molecule has 1 amide bonds. The maximum Gasteiger partial charge on any atom is 0.338 e.